The lowest BCUT2D eigenvalue weighted by Gasteiger charge is -2.36. The molecular weight excluding hydrogens is 671 g/mol. The van der Waals surface area contributed by atoms with E-state index in [4.69, 9.17) is 14.6 Å². The summed E-state index contributed by atoms with van der Waals surface area (Å²) in [5.74, 6) is -0.252. The minimum absolute atomic E-state index is 0.0402. The maximum atomic E-state index is 12.3. The lowest BCUT2D eigenvalue weighted by molar-refractivity contribution is -0.245. The van der Waals surface area contributed by atoms with E-state index in [1.54, 1.807) is 28.9 Å². The third kappa shape index (κ3) is 9.79. The average Bonchev–Trinajstić information content (AvgIpc) is 3.64. The number of amides is 1. The summed E-state index contributed by atoms with van der Waals surface area (Å²) in [4.78, 5) is 23.0. The van der Waals surface area contributed by atoms with Crippen molar-refractivity contribution in [1.29, 1.82) is 0 Å². The number of hydrogen-bond acceptors (Lipinski definition) is 10. The Bertz CT molecular complexity index is 1920. The van der Waals surface area contributed by atoms with Crippen molar-refractivity contribution in [3.8, 4) is 22.6 Å². The van der Waals surface area contributed by atoms with Crippen molar-refractivity contribution in [1.82, 2.24) is 25.5 Å². The Morgan fingerprint density at radius 3 is 2.37 bits per heavy atom. The number of unbranched alkanes of at least 4 members (excludes halogenated alkanes) is 1. The second-order valence-corrected chi connectivity index (χ2v) is 13.2. The molecule has 0 bridgehead atoms. The monoisotopic (exact) mass is 709 g/mol. The van der Waals surface area contributed by atoms with Gasteiger partial charge in [-0.25, -0.2) is 0 Å². The molecule has 264 valence electrons. The van der Waals surface area contributed by atoms with Crippen LogP contribution in [0.1, 0.15) is 66.8 Å². The van der Waals surface area contributed by atoms with Crippen LogP contribution in [0.4, 0.5) is 0 Å². The third-order valence-electron chi connectivity index (χ3n) is 8.50. The molecule has 13 heteroatoms. The highest BCUT2D eigenvalue weighted by molar-refractivity contribution is 7.99. The summed E-state index contributed by atoms with van der Waals surface area (Å²) in [7, 11) is 0. The lowest BCUT2D eigenvalue weighted by Crippen LogP contribution is -2.31. The number of nitrogens with zero attached hydrogens (tertiary/aromatic N) is 4. The standard InChI is InChI=1S/C38H39N5O7S/c44-23-25-11-13-27(14-12-25)34-21-33(24-51-38-40-41-42-43(38)31-15-17-32(45)18-16-31)49-37(50-34)30-8-4-7-29(20-30)28-6-3-5-26(19-28)22-39-35(46)9-1-2-10-36(47)48/h3-8,11-20,33-34,37,44-45H,1-2,9-10,21-24H2,(H,39,46)(H,47,48). The van der Waals surface area contributed by atoms with E-state index in [1.165, 1.54) is 11.8 Å². The molecule has 51 heavy (non-hydrogen) atoms. The molecule has 4 aromatic carbocycles. The van der Waals surface area contributed by atoms with Crippen LogP contribution in [-0.2, 0) is 32.2 Å². The summed E-state index contributed by atoms with van der Waals surface area (Å²) in [5.41, 5.74) is 6.27. The second kappa shape index (κ2) is 17.2. The predicted molar refractivity (Wildman–Crippen MR) is 190 cm³/mol. The highest BCUT2D eigenvalue weighted by atomic mass is 32.2. The van der Waals surface area contributed by atoms with Crippen molar-refractivity contribution in [2.24, 2.45) is 0 Å². The number of nitrogens with one attached hydrogen (secondary N) is 1. The van der Waals surface area contributed by atoms with Gasteiger partial charge in [-0.05, 0) is 87.5 Å². The molecule has 1 aliphatic heterocycles. The Morgan fingerprint density at radius 1 is 0.863 bits per heavy atom. The Labute approximate surface area is 299 Å². The number of phenolic OH excluding ortho intramolecular Hbond substituents is 1. The number of aromatic hydroxyl groups is 1. The number of carbonyl (C=O) groups is 2. The number of thioether (sulfide) groups is 1. The number of carbonyl (C=O) groups excluding carboxylic acids is 1. The van der Waals surface area contributed by atoms with Crippen LogP contribution in [0.2, 0.25) is 0 Å². The number of aromatic nitrogens is 4. The lowest BCUT2D eigenvalue weighted by atomic mass is 9.99. The van der Waals surface area contributed by atoms with E-state index in [0.717, 1.165) is 39.1 Å². The third-order valence-corrected chi connectivity index (χ3v) is 9.55. The number of benzene rings is 4. The molecule has 1 aliphatic rings. The van der Waals surface area contributed by atoms with Crippen molar-refractivity contribution in [3.63, 3.8) is 0 Å². The van der Waals surface area contributed by atoms with Gasteiger partial charge < -0.3 is 30.1 Å². The molecule has 0 aliphatic carbocycles. The number of carboxylic acid groups (broad SMARTS) is 1. The first kappa shape index (κ1) is 35.7. The fourth-order valence-electron chi connectivity index (χ4n) is 5.79. The van der Waals surface area contributed by atoms with Crippen LogP contribution in [-0.4, -0.2) is 59.3 Å². The topological polar surface area (TPSA) is 169 Å². The Kier molecular flexibility index (Phi) is 12.1. The Morgan fingerprint density at radius 2 is 1.61 bits per heavy atom. The van der Waals surface area contributed by atoms with Crippen molar-refractivity contribution in [2.75, 3.05) is 5.75 Å². The molecule has 0 spiro atoms. The fourth-order valence-corrected chi connectivity index (χ4v) is 6.70. The molecule has 0 saturated carbocycles. The van der Waals surface area contributed by atoms with Gasteiger partial charge in [0.15, 0.2) is 6.29 Å². The molecule has 6 rings (SSSR count). The Balaban J connectivity index is 1.16. The van der Waals surface area contributed by atoms with Crippen LogP contribution in [0.25, 0.3) is 16.8 Å². The van der Waals surface area contributed by atoms with Gasteiger partial charge >= 0.3 is 5.97 Å². The molecular formula is C38H39N5O7S. The van der Waals surface area contributed by atoms with Gasteiger partial charge in [0, 0.05) is 37.1 Å². The summed E-state index contributed by atoms with van der Waals surface area (Å²) >= 11 is 1.47. The number of ether oxygens (including phenoxy) is 2. The summed E-state index contributed by atoms with van der Waals surface area (Å²) in [6.07, 6.45) is 0.796. The highest BCUT2D eigenvalue weighted by Gasteiger charge is 2.33. The van der Waals surface area contributed by atoms with E-state index in [0.29, 0.717) is 36.7 Å². The van der Waals surface area contributed by atoms with Crippen LogP contribution < -0.4 is 5.32 Å². The first-order chi connectivity index (χ1) is 24.8. The zero-order chi connectivity index (χ0) is 35.6. The van der Waals surface area contributed by atoms with Gasteiger partial charge in [-0.15, -0.1) is 5.10 Å². The molecule has 12 nitrogen and oxygen atoms in total. The fraction of sp³-hybridized carbons (Fsp3) is 0.289. The van der Waals surface area contributed by atoms with Gasteiger partial charge in [-0.3, -0.25) is 9.59 Å². The first-order valence-corrected chi connectivity index (χ1v) is 17.7. The molecule has 1 amide bonds. The molecule has 0 radical (unpaired) electrons. The maximum absolute atomic E-state index is 12.3. The van der Waals surface area contributed by atoms with E-state index < -0.39 is 12.3 Å². The summed E-state index contributed by atoms with van der Waals surface area (Å²) in [6.45, 7) is 0.327. The number of aliphatic hydroxyl groups excluding tert-OH is 1. The molecule has 1 aromatic heterocycles. The zero-order valence-corrected chi connectivity index (χ0v) is 28.6. The van der Waals surface area contributed by atoms with Gasteiger partial charge in [-0.2, -0.15) is 4.68 Å². The van der Waals surface area contributed by atoms with Crippen molar-refractivity contribution in [3.05, 3.63) is 119 Å². The molecule has 5 aromatic rings. The van der Waals surface area contributed by atoms with Crippen LogP contribution in [0.5, 0.6) is 5.75 Å². The number of hydrogen-bond donors (Lipinski definition) is 4. The van der Waals surface area contributed by atoms with Crippen LogP contribution in [0, 0.1) is 0 Å². The molecule has 2 heterocycles. The number of aliphatic carboxylic acids is 1. The van der Waals surface area contributed by atoms with Crippen molar-refractivity contribution in [2.45, 2.75) is 68.9 Å². The normalized spacial score (nSPS) is 17.2. The van der Waals surface area contributed by atoms with E-state index in [9.17, 15) is 19.8 Å². The number of rotatable bonds is 15. The van der Waals surface area contributed by atoms with E-state index in [1.807, 2.05) is 66.7 Å². The van der Waals surface area contributed by atoms with Crippen LogP contribution in [0.3, 0.4) is 0 Å². The van der Waals surface area contributed by atoms with Gasteiger partial charge in [0.2, 0.25) is 11.1 Å². The van der Waals surface area contributed by atoms with Gasteiger partial charge in [-0.1, -0.05) is 72.4 Å². The molecule has 1 fully saturated rings. The van der Waals surface area contributed by atoms with Crippen molar-refractivity contribution < 1.29 is 34.4 Å². The Hall–Kier alpha value is -5.08. The number of aliphatic hydroxyl groups is 1. The van der Waals surface area contributed by atoms with E-state index >= 15 is 0 Å². The van der Waals surface area contributed by atoms with E-state index in [2.05, 4.69) is 26.9 Å². The number of phenols is 1. The second-order valence-electron chi connectivity index (χ2n) is 12.3. The largest absolute Gasteiger partial charge is 0.508 e. The zero-order valence-electron chi connectivity index (χ0n) is 27.8. The van der Waals surface area contributed by atoms with Gasteiger partial charge in [0.1, 0.15) is 5.75 Å². The average molecular weight is 710 g/mol. The smallest absolute Gasteiger partial charge is 0.303 e. The number of tetrazole rings is 1. The maximum Gasteiger partial charge on any atom is 0.303 e. The highest BCUT2D eigenvalue weighted by Crippen LogP contribution is 2.40. The first-order valence-electron chi connectivity index (χ1n) is 16.7. The summed E-state index contributed by atoms with van der Waals surface area (Å²) < 4.78 is 14.8. The van der Waals surface area contributed by atoms with E-state index in [-0.39, 0.29) is 43.3 Å². The molecule has 3 unspecified atom stereocenters. The molecule has 3 atom stereocenters. The summed E-state index contributed by atoms with van der Waals surface area (Å²) in [5, 5.41) is 43.8. The van der Waals surface area contributed by atoms with Crippen LogP contribution >= 0.6 is 11.8 Å². The number of carboxylic acids is 1. The minimum Gasteiger partial charge on any atom is -0.508 e. The van der Waals surface area contributed by atoms with Crippen LogP contribution in [0.15, 0.2) is 102 Å². The quantitative estimate of drug-likeness (QED) is 0.0729. The molecule has 4 N–H and O–H groups in total. The predicted octanol–water partition coefficient (Wildman–Crippen LogP) is 6.13. The minimum atomic E-state index is -0.854. The molecule has 1 saturated heterocycles. The van der Waals surface area contributed by atoms with Gasteiger partial charge in [0.05, 0.1) is 24.5 Å². The summed E-state index contributed by atoms with van der Waals surface area (Å²) in [6, 6.07) is 30.4. The van der Waals surface area contributed by atoms with Crippen molar-refractivity contribution >= 4 is 23.6 Å². The van der Waals surface area contributed by atoms with Gasteiger partial charge in [0.25, 0.3) is 0 Å². The SMILES string of the molecule is O=C(O)CCCCC(=O)NCc1cccc(-c2cccc(C3OC(CSc4nnnn4-c4ccc(O)cc4)CC(c4ccc(CO)cc4)O3)c2)c1.